The molecule has 0 atom stereocenters. The summed E-state index contributed by atoms with van der Waals surface area (Å²) < 4.78 is 8.48. The van der Waals surface area contributed by atoms with Crippen molar-refractivity contribution in [3.8, 4) is 17.0 Å². The minimum absolute atomic E-state index is 0.0760. The van der Waals surface area contributed by atoms with Crippen LogP contribution >= 0.6 is 0 Å². The molecule has 2 amide bonds. The Hall–Kier alpha value is -3.94. The van der Waals surface area contributed by atoms with Crippen LogP contribution in [0.15, 0.2) is 54.9 Å². The third kappa shape index (κ3) is 5.03. The number of fused-ring (bicyclic) bond motifs is 1. The second kappa shape index (κ2) is 10.4. The monoisotopic (exact) mass is 486 g/mol. The fourth-order valence-corrected chi connectivity index (χ4v) is 4.73. The van der Waals surface area contributed by atoms with Crippen LogP contribution < -0.4 is 21.1 Å². The Morgan fingerprint density at radius 3 is 2.69 bits per heavy atom. The van der Waals surface area contributed by atoms with Crippen LogP contribution in [0.25, 0.3) is 22.2 Å². The predicted molar refractivity (Wildman–Crippen MR) is 144 cm³/mol. The van der Waals surface area contributed by atoms with Crippen LogP contribution in [-0.4, -0.2) is 33.2 Å². The van der Waals surface area contributed by atoms with E-state index < -0.39 is 0 Å². The van der Waals surface area contributed by atoms with Gasteiger partial charge < -0.3 is 30.7 Å². The Kier molecular flexibility index (Phi) is 6.84. The lowest BCUT2D eigenvalue weighted by molar-refractivity contribution is 0.250. The molecular weight excluding hydrogens is 452 g/mol. The fraction of sp³-hybridized carbons (Fsp3) is 0.357. The number of benzene rings is 2. The number of aryl methyl sites for hydroxylation is 1. The topological polar surface area (TPSA) is 110 Å². The van der Waals surface area contributed by atoms with Gasteiger partial charge in [0, 0.05) is 53.6 Å². The molecule has 0 bridgehead atoms. The maximum absolute atomic E-state index is 12.1. The number of amides is 2. The molecule has 5 rings (SSSR count). The highest BCUT2D eigenvalue weighted by Crippen LogP contribution is 2.44. The van der Waals surface area contributed by atoms with Gasteiger partial charge in [-0.05, 0) is 63.8 Å². The van der Waals surface area contributed by atoms with Crippen LogP contribution in [0.2, 0.25) is 0 Å². The van der Waals surface area contributed by atoms with E-state index in [0.717, 1.165) is 70.8 Å². The molecule has 1 aliphatic rings. The number of hydrogen-bond acceptors (Lipinski definition) is 4. The summed E-state index contributed by atoms with van der Waals surface area (Å²) in [7, 11) is 0. The molecule has 2 aromatic carbocycles. The van der Waals surface area contributed by atoms with Crippen LogP contribution in [0.1, 0.15) is 51.4 Å². The zero-order valence-corrected chi connectivity index (χ0v) is 20.9. The minimum atomic E-state index is -0.211. The van der Waals surface area contributed by atoms with Gasteiger partial charge in [-0.15, -0.1) is 0 Å². The van der Waals surface area contributed by atoms with E-state index in [1.54, 1.807) is 6.20 Å². The van der Waals surface area contributed by atoms with Crippen molar-refractivity contribution in [3.05, 3.63) is 60.7 Å². The van der Waals surface area contributed by atoms with Gasteiger partial charge in [-0.3, -0.25) is 0 Å². The summed E-state index contributed by atoms with van der Waals surface area (Å²) in [5, 5.41) is 6.77. The number of hydrogen-bond donors (Lipinski definition) is 4. The molecule has 36 heavy (non-hydrogen) atoms. The maximum atomic E-state index is 12.1. The zero-order valence-electron chi connectivity index (χ0n) is 20.9. The molecule has 188 valence electrons. The number of rotatable bonds is 9. The van der Waals surface area contributed by atoms with E-state index in [-0.39, 0.29) is 12.1 Å². The Bertz CT molecular complexity index is 1320. The summed E-state index contributed by atoms with van der Waals surface area (Å²) in [6.07, 6.45) is 8.86. The summed E-state index contributed by atoms with van der Waals surface area (Å²) in [6, 6.07) is 14.4. The molecule has 8 nitrogen and oxygen atoms in total. The number of aromatic nitrogens is 3. The first-order valence-corrected chi connectivity index (χ1v) is 12.7. The summed E-state index contributed by atoms with van der Waals surface area (Å²) >= 11 is 0. The molecule has 8 heteroatoms. The number of urea groups is 1. The Balaban J connectivity index is 1.39. The van der Waals surface area contributed by atoms with Gasteiger partial charge in [0.15, 0.2) is 0 Å². The number of ether oxygens (including phenoxy) is 1. The van der Waals surface area contributed by atoms with Crippen molar-refractivity contribution in [2.24, 2.45) is 0 Å². The van der Waals surface area contributed by atoms with E-state index in [9.17, 15) is 4.79 Å². The highest BCUT2D eigenvalue weighted by atomic mass is 16.5. The van der Waals surface area contributed by atoms with Crippen molar-refractivity contribution >= 4 is 28.3 Å². The number of nitrogens with zero attached hydrogens (tertiary/aromatic N) is 2. The second-order valence-electron chi connectivity index (χ2n) is 9.71. The van der Waals surface area contributed by atoms with Crippen LogP contribution in [0.4, 0.5) is 16.2 Å². The molecular formula is C28H34N6O2. The minimum Gasteiger partial charge on any atom is -0.494 e. The Labute approximate surface area is 211 Å². The first kappa shape index (κ1) is 23.8. The zero-order chi connectivity index (χ0) is 25.1. The molecule has 2 heterocycles. The highest BCUT2D eigenvalue weighted by Gasteiger charge is 2.27. The fourth-order valence-electron chi connectivity index (χ4n) is 4.73. The Morgan fingerprint density at radius 2 is 2.03 bits per heavy atom. The van der Waals surface area contributed by atoms with Gasteiger partial charge in [0.1, 0.15) is 11.6 Å². The lowest BCUT2D eigenvalue weighted by Gasteiger charge is -2.30. The average molecular weight is 487 g/mol. The van der Waals surface area contributed by atoms with Crippen molar-refractivity contribution < 1.29 is 9.53 Å². The number of anilines is 2. The molecule has 1 saturated carbocycles. The first-order valence-electron chi connectivity index (χ1n) is 12.7. The smallest absolute Gasteiger partial charge is 0.319 e. The van der Waals surface area contributed by atoms with E-state index in [1.165, 1.54) is 6.42 Å². The second-order valence-corrected chi connectivity index (χ2v) is 9.71. The number of imidazole rings is 1. The molecule has 0 saturated heterocycles. The van der Waals surface area contributed by atoms with E-state index >= 15 is 0 Å². The number of nitrogens with one attached hydrogen (secondary N) is 3. The molecule has 0 aliphatic heterocycles. The number of nitrogens with two attached hydrogens (primary N) is 1. The highest BCUT2D eigenvalue weighted by molar-refractivity contribution is 6.02. The van der Waals surface area contributed by atoms with Gasteiger partial charge in [-0.25, -0.2) is 9.78 Å². The molecule has 5 N–H and O–H groups in total. The standard InChI is InChI=1S/C28H34N6O2/c1-18(2)32-28(35)33-20-10-8-19(9-11-20)27-26(29)23-13-12-22(17-24(23)34(27)21-5-3-6-21)36-16-4-7-25-30-14-15-31-25/h8-15,17-18,21H,3-7,16,29H2,1-2H3,(H,30,31)(H2,32,33,35). The van der Waals surface area contributed by atoms with Gasteiger partial charge in [-0.2, -0.15) is 0 Å². The van der Waals surface area contributed by atoms with Crippen molar-refractivity contribution in [2.75, 3.05) is 17.7 Å². The van der Waals surface area contributed by atoms with Gasteiger partial charge in [0.2, 0.25) is 0 Å². The Morgan fingerprint density at radius 1 is 1.22 bits per heavy atom. The molecule has 4 aromatic rings. The third-order valence-corrected chi connectivity index (χ3v) is 6.67. The van der Waals surface area contributed by atoms with Gasteiger partial charge in [-0.1, -0.05) is 12.1 Å². The van der Waals surface area contributed by atoms with E-state index in [2.05, 4.69) is 37.3 Å². The summed E-state index contributed by atoms with van der Waals surface area (Å²) in [5.41, 5.74) is 11.4. The summed E-state index contributed by atoms with van der Waals surface area (Å²) in [4.78, 5) is 19.5. The molecule has 0 radical (unpaired) electrons. The average Bonchev–Trinajstić information content (AvgIpc) is 3.43. The molecule has 1 aliphatic carbocycles. The summed E-state index contributed by atoms with van der Waals surface area (Å²) in [6.45, 7) is 4.49. The van der Waals surface area contributed by atoms with Crippen LogP contribution in [0.5, 0.6) is 5.75 Å². The third-order valence-electron chi connectivity index (χ3n) is 6.67. The van der Waals surface area contributed by atoms with Gasteiger partial charge >= 0.3 is 6.03 Å². The first-order chi connectivity index (χ1) is 17.5. The quantitative estimate of drug-likeness (QED) is 0.221. The number of carbonyl (C=O) groups excluding carboxylic acids is 1. The lowest BCUT2D eigenvalue weighted by atomic mass is 9.92. The normalized spacial score (nSPS) is 13.6. The van der Waals surface area contributed by atoms with Gasteiger partial charge in [0.05, 0.1) is 23.5 Å². The number of nitrogen functional groups attached to an aromatic ring is 1. The van der Waals surface area contributed by atoms with Crippen molar-refractivity contribution in [1.82, 2.24) is 19.9 Å². The predicted octanol–water partition coefficient (Wildman–Crippen LogP) is 5.88. The van der Waals surface area contributed by atoms with Crippen molar-refractivity contribution in [1.29, 1.82) is 0 Å². The van der Waals surface area contributed by atoms with E-state index in [1.807, 2.05) is 50.4 Å². The largest absolute Gasteiger partial charge is 0.494 e. The van der Waals surface area contributed by atoms with Crippen LogP contribution in [0, 0.1) is 0 Å². The molecule has 2 aromatic heterocycles. The van der Waals surface area contributed by atoms with E-state index in [4.69, 9.17) is 10.5 Å². The van der Waals surface area contributed by atoms with Crippen molar-refractivity contribution in [2.45, 2.75) is 58.0 Å². The van der Waals surface area contributed by atoms with Crippen LogP contribution in [0.3, 0.4) is 0 Å². The molecule has 1 fully saturated rings. The summed E-state index contributed by atoms with van der Waals surface area (Å²) in [5.74, 6) is 1.83. The SMILES string of the molecule is CC(C)NC(=O)Nc1ccc(-c2c(N)c3ccc(OCCCc4ncc[nH]4)cc3n2C2CCC2)cc1. The number of H-pyrrole nitrogens is 1. The van der Waals surface area contributed by atoms with Crippen molar-refractivity contribution in [3.63, 3.8) is 0 Å². The van der Waals surface area contributed by atoms with E-state index in [0.29, 0.717) is 12.6 Å². The molecule has 0 unspecified atom stereocenters. The number of aromatic amines is 1. The molecule has 0 spiro atoms. The lowest BCUT2D eigenvalue weighted by Crippen LogP contribution is -2.34. The van der Waals surface area contributed by atoms with Crippen LogP contribution in [-0.2, 0) is 6.42 Å². The number of carbonyl (C=O) groups is 1. The maximum Gasteiger partial charge on any atom is 0.319 e. The van der Waals surface area contributed by atoms with Gasteiger partial charge in [0.25, 0.3) is 0 Å².